The number of pyridine rings is 1. The molecule has 2 saturated carbocycles. The van der Waals surface area contributed by atoms with Gasteiger partial charge in [-0.2, -0.15) is 0 Å². The molecule has 0 atom stereocenters. The predicted molar refractivity (Wildman–Crippen MR) is 165 cm³/mol. The van der Waals surface area contributed by atoms with Gasteiger partial charge in [0, 0.05) is 67.6 Å². The summed E-state index contributed by atoms with van der Waals surface area (Å²) in [6.45, 7) is 11.9. The molecule has 0 unspecified atom stereocenters. The fourth-order valence-electron chi connectivity index (χ4n) is 7.66. The molecule has 4 heterocycles. The van der Waals surface area contributed by atoms with E-state index in [4.69, 9.17) is 9.47 Å². The van der Waals surface area contributed by atoms with Crippen LogP contribution in [0.1, 0.15) is 75.0 Å². The zero-order chi connectivity index (χ0) is 30.6. The van der Waals surface area contributed by atoms with E-state index >= 15 is 0 Å². The molecule has 1 amide bonds. The minimum absolute atomic E-state index is 0.0245. The largest absolute Gasteiger partial charge is 0.490 e. The number of anilines is 1. The fraction of sp³-hybridized carbons (Fsp3) is 0.529. The first-order valence-electron chi connectivity index (χ1n) is 15.8. The molecular weight excluding hydrogens is 559 g/mol. The number of hydrogen-bond donors (Lipinski definition) is 1. The van der Waals surface area contributed by atoms with Crippen LogP contribution in [0.3, 0.4) is 0 Å². The average Bonchev–Trinajstić information content (AvgIpc) is 2.94. The number of nitrogens with zero attached hydrogens (tertiary/aromatic N) is 5. The molecule has 2 aromatic heterocycles. The third-order valence-electron chi connectivity index (χ3n) is 9.72. The number of carbonyl (C=O) groups excluding carboxylic acids is 1. The molecule has 44 heavy (non-hydrogen) atoms. The number of nitrogens with one attached hydrogen (secondary N) is 1. The van der Waals surface area contributed by atoms with Crippen LogP contribution >= 0.6 is 0 Å². The van der Waals surface area contributed by atoms with E-state index in [1.807, 2.05) is 31.0 Å². The minimum Gasteiger partial charge on any atom is -0.490 e. The van der Waals surface area contributed by atoms with Gasteiger partial charge in [-0.15, -0.1) is 0 Å². The molecule has 4 aliphatic rings. The first-order chi connectivity index (χ1) is 21.1. The summed E-state index contributed by atoms with van der Waals surface area (Å²) in [6, 6.07) is 6.22. The maximum Gasteiger partial charge on any atom is 0.258 e. The lowest BCUT2D eigenvalue weighted by Gasteiger charge is -2.59. The number of amides is 1. The molecule has 3 fully saturated rings. The Balaban J connectivity index is 1.03. The lowest BCUT2D eigenvalue weighted by Crippen LogP contribution is -2.65. The van der Waals surface area contributed by atoms with Crippen molar-refractivity contribution >= 4 is 11.7 Å². The van der Waals surface area contributed by atoms with Crippen LogP contribution in [0.4, 0.5) is 10.2 Å². The first kappa shape index (κ1) is 29.0. The molecule has 3 aromatic rings. The summed E-state index contributed by atoms with van der Waals surface area (Å²) in [5.74, 6) is 1.69. The van der Waals surface area contributed by atoms with Crippen molar-refractivity contribution < 1.29 is 18.7 Å². The van der Waals surface area contributed by atoms with Crippen LogP contribution in [0, 0.1) is 16.6 Å². The van der Waals surface area contributed by atoms with Crippen molar-refractivity contribution in [2.24, 2.45) is 10.8 Å². The number of aromatic nitrogens is 3. The van der Waals surface area contributed by atoms with Crippen molar-refractivity contribution in [2.75, 3.05) is 24.5 Å². The lowest BCUT2D eigenvalue weighted by atomic mass is 9.61. The van der Waals surface area contributed by atoms with Crippen LogP contribution in [0.25, 0.3) is 0 Å². The van der Waals surface area contributed by atoms with Gasteiger partial charge in [-0.25, -0.2) is 14.4 Å². The Bertz CT molecular complexity index is 1560. The Morgan fingerprint density at radius 3 is 2.64 bits per heavy atom. The summed E-state index contributed by atoms with van der Waals surface area (Å²) in [6.07, 6.45) is 9.90. The summed E-state index contributed by atoms with van der Waals surface area (Å²) >= 11 is 0. The molecule has 232 valence electrons. The monoisotopic (exact) mass is 600 g/mol. The smallest absolute Gasteiger partial charge is 0.258 e. The van der Waals surface area contributed by atoms with Crippen molar-refractivity contribution in [3.05, 3.63) is 65.6 Å². The van der Waals surface area contributed by atoms with Crippen molar-refractivity contribution in [1.29, 1.82) is 0 Å². The van der Waals surface area contributed by atoms with Crippen molar-refractivity contribution in [3.63, 3.8) is 0 Å². The highest BCUT2D eigenvalue weighted by Crippen LogP contribution is 2.52. The molecular formula is C34H41FN6O3. The fourth-order valence-corrected chi connectivity index (χ4v) is 7.66. The summed E-state index contributed by atoms with van der Waals surface area (Å²) in [7, 11) is 0. The minimum atomic E-state index is -0.474. The molecule has 7 rings (SSSR count). The molecule has 1 spiro atoms. The second kappa shape index (κ2) is 11.0. The summed E-state index contributed by atoms with van der Waals surface area (Å²) in [5, 5.41) is 3.42. The molecule has 9 nitrogen and oxygen atoms in total. The molecule has 0 radical (unpaired) electrons. The zero-order valence-corrected chi connectivity index (χ0v) is 26.0. The molecule has 2 aliphatic carbocycles. The summed E-state index contributed by atoms with van der Waals surface area (Å²) in [5.41, 5.74) is 2.92. The van der Waals surface area contributed by atoms with Crippen molar-refractivity contribution in [1.82, 2.24) is 25.2 Å². The van der Waals surface area contributed by atoms with E-state index in [0.717, 1.165) is 69.7 Å². The Kier molecular flexibility index (Phi) is 7.22. The van der Waals surface area contributed by atoms with Crippen LogP contribution in [0.2, 0.25) is 0 Å². The van der Waals surface area contributed by atoms with E-state index in [-0.39, 0.29) is 40.5 Å². The number of rotatable bonds is 8. The van der Waals surface area contributed by atoms with Crippen molar-refractivity contribution in [2.45, 2.75) is 84.5 Å². The number of halogens is 1. The second-order valence-corrected chi connectivity index (χ2v) is 14.2. The van der Waals surface area contributed by atoms with E-state index in [9.17, 15) is 9.18 Å². The Labute approximate surface area is 258 Å². The number of hydrogen-bond acceptors (Lipinski definition) is 8. The van der Waals surface area contributed by atoms with Crippen LogP contribution in [0.5, 0.6) is 17.2 Å². The van der Waals surface area contributed by atoms with Gasteiger partial charge in [-0.3, -0.25) is 9.78 Å². The van der Waals surface area contributed by atoms with E-state index in [2.05, 4.69) is 39.0 Å². The van der Waals surface area contributed by atoms with Crippen molar-refractivity contribution in [3.8, 4) is 17.2 Å². The van der Waals surface area contributed by atoms with Gasteiger partial charge >= 0.3 is 0 Å². The molecule has 10 heteroatoms. The zero-order valence-electron chi connectivity index (χ0n) is 26.0. The van der Waals surface area contributed by atoms with Gasteiger partial charge in [0.05, 0.1) is 11.8 Å². The topological polar surface area (TPSA) is 92.7 Å². The third-order valence-corrected chi connectivity index (χ3v) is 9.72. The standard InChI is InChI=1S/C34H41FN6O3/c1-21(2)41(23-12-33(3,4)13-23)32(42)25-11-22(35)5-6-28(25)44-30-17-37-20-39-31(30)40-18-34(19-40)14-24(15-34)43-29-8-10-38-27-7-9-36-16-26(27)29/h5-6,8,10-11,17,20-21,23-24,36H,7,9,12-16,18-19H2,1-4H3. The molecule has 1 N–H and O–H groups in total. The maximum absolute atomic E-state index is 14.5. The van der Waals surface area contributed by atoms with E-state index < -0.39 is 5.82 Å². The van der Waals surface area contributed by atoms with Gasteiger partial charge < -0.3 is 24.6 Å². The average molecular weight is 601 g/mol. The first-order valence-corrected chi connectivity index (χ1v) is 15.8. The van der Waals surface area contributed by atoms with Gasteiger partial charge in [0.25, 0.3) is 5.91 Å². The van der Waals surface area contributed by atoms with E-state index in [1.54, 1.807) is 6.20 Å². The van der Waals surface area contributed by atoms with Crippen LogP contribution in [-0.4, -0.2) is 63.6 Å². The van der Waals surface area contributed by atoms with Gasteiger partial charge in [-0.1, -0.05) is 13.8 Å². The van der Waals surface area contributed by atoms with Gasteiger partial charge in [0.2, 0.25) is 0 Å². The van der Waals surface area contributed by atoms with Crippen LogP contribution < -0.4 is 19.7 Å². The second-order valence-electron chi connectivity index (χ2n) is 14.2. The Morgan fingerprint density at radius 1 is 1.09 bits per heavy atom. The summed E-state index contributed by atoms with van der Waals surface area (Å²) in [4.78, 5) is 31.2. The normalized spacial score (nSPS) is 20.4. The van der Waals surface area contributed by atoms with E-state index in [1.165, 1.54) is 30.1 Å². The van der Waals surface area contributed by atoms with Gasteiger partial charge in [-0.05, 0) is 69.2 Å². The number of fused-ring (bicyclic) bond motifs is 1. The molecule has 1 aromatic carbocycles. The van der Waals surface area contributed by atoms with Crippen LogP contribution in [0.15, 0.2) is 43.0 Å². The third kappa shape index (κ3) is 5.38. The lowest BCUT2D eigenvalue weighted by molar-refractivity contribution is -0.0350. The molecule has 0 bridgehead atoms. The highest BCUT2D eigenvalue weighted by Gasteiger charge is 2.54. The summed E-state index contributed by atoms with van der Waals surface area (Å²) < 4.78 is 27.3. The Hall–Kier alpha value is -3.79. The van der Waals surface area contributed by atoms with E-state index in [0.29, 0.717) is 17.3 Å². The Morgan fingerprint density at radius 2 is 1.89 bits per heavy atom. The van der Waals surface area contributed by atoms with Gasteiger partial charge in [0.15, 0.2) is 11.6 Å². The number of carbonyl (C=O) groups is 1. The highest BCUT2D eigenvalue weighted by atomic mass is 19.1. The van der Waals surface area contributed by atoms with Crippen LogP contribution in [-0.2, 0) is 13.0 Å². The van der Waals surface area contributed by atoms with Gasteiger partial charge in [0.1, 0.15) is 29.7 Å². The maximum atomic E-state index is 14.5. The number of benzene rings is 1. The predicted octanol–water partition coefficient (Wildman–Crippen LogP) is 5.54. The SMILES string of the molecule is CC(C)N(C(=O)c1cc(F)ccc1Oc1cncnc1N1CC2(CC(Oc3ccnc4c3CNCC4)C2)C1)C1CC(C)(C)C1. The number of ether oxygens (including phenoxy) is 2. The quantitative estimate of drug-likeness (QED) is 0.361. The molecule has 2 aliphatic heterocycles. The molecule has 1 saturated heterocycles. The highest BCUT2D eigenvalue weighted by molar-refractivity contribution is 5.97.